The van der Waals surface area contributed by atoms with Crippen molar-refractivity contribution in [3.63, 3.8) is 0 Å². The lowest BCUT2D eigenvalue weighted by molar-refractivity contribution is 0.590. The molecule has 0 bridgehead atoms. The normalized spacial score (nSPS) is 11.8. The number of hydrogen-bond donors (Lipinski definition) is 0. The fraction of sp³-hybridized carbons (Fsp3) is 0.125. The summed E-state index contributed by atoms with van der Waals surface area (Å²) in [6, 6.07) is 48.3. The van der Waals surface area contributed by atoms with E-state index in [0.717, 1.165) is 22.6 Å². The molecule has 0 N–H and O–H groups in total. The van der Waals surface area contributed by atoms with E-state index in [1.165, 1.54) is 49.6 Å². The first-order chi connectivity index (χ1) is 20.3. The van der Waals surface area contributed by atoms with Gasteiger partial charge in [0.25, 0.3) is 0 Å². The molecule has 42 heavy (non-hydrogen) atoms. The van der Waals surface area contributed by atoms with Crippen LogP contribution in [0.15, 0.2) is 133 Å². The largest absolute Gasteiger partial charge is 0.309 e. The number of aryl methyl sites for hydroxylation is 1. The molecule has 2 aromatic heterocycles. The minimum Gasteiger partial charge on any atom is -0.309 e. The third-order valence-corrected chi connectivity index (χ3v) is 8.22. The summed E-state index contributed by atoms with van der Waals surface area (Å²) < 4.78 is 2.40. The first kappa shape index (κ1) is 26.0. The monoisotopic (exact) mass is 542 g/mol. The molecule has 7 aromatic rings. The number of benzene rings is 5. The number of aromatic nitrogens is 2. The van der Waals surface area contributed by atoms with Gasteiger partial charge in [0.2, 0.25) is 0 Å². The molecule has 7 rings (SSSR count). The predicted octanol–water partition coefficient (Wildman–Crippen LogP) is 10.8. The smallest absolute Gasteiger partial charge is 0.0726 e. The van der Waals surface area contributed by atoms with Crippen molar-refractivity contribution in [3.05, 3.63) is 145 Å². The number of rotatable bonds is 4. The summed E-state index contributed by atoms with van der Waals surface area (Å²) in [6.07, 6.45) is 0. The Morgan fingerprint density at radius 3 is 1.50 bits per heavy atom. The second-order valence-corrected chi connectivity index (χ2v) is 12.2. The summed E-state index contributed by atoms with van der Waals surface area (Å²) >= 11 is 0. The summed E-state index contributed by atoms with van der Waals surface area (Å²) in [4.78, 5) is 4.96. The molecule has 2 heteroatoms. The molecule has 0 atom stereocenters. The Hall–Kier alpha value is -4.95. The molecule has 0 spiro atoms. The molecular weight excluding hydrogens is 508 g/mol. The Morgan fingerprint density at radius 1 is 0.500 bits per heavy atom. The first-order valence-corrected chi connectivity index (χ1v) is 14.6. The lowest BCUT2D eigenvalue weighted by Gasteiger charge is -2.19. The van der Waals surface area contributed by atoms with Gasteiger partial charge >= 0.3 is 0 Å². The maximum Gasteiger partial charge on any atom is 0.0726 e. The molecule has 0 aliphatic rings. The van der Waals surface area contributed by atoms with Crippen LogP contribution in [0.25, 0.3) is 61.0 Å². The van der Waals surface area contributed by atoms with Crippen molar-refractivity contribution in [2.24, 2.45) is 0 Å². The van der Waals surface area contributed by atoms with Crippen LogP contribution in [0.4, 0.5) is 0 Å². The van der Waals surface area contributed by atoms with Crippen molar-refractivity contribution >= 4 is 21.8 Å². The first-order valence-electron chi connectivity index (χ1n) is 14.6. The molecule has 2 nitrogen and oxygen atoms in total. The molecule has 2 heterocycles. The third kappa shape index (κ3) is 4.69. The van der Waals surface area contributed by atoms with Crippen LogP contribution >= 0.6 is 0 Å². The molecule has 0 saturated heterocycles. The number of fused-ring (bicyclic) bond motifs is 3. The molecule has 0 fully saturated rings. The highest BCUT2D eigenvalue weighted by molar-refractivity contribution is 6.11. The third-order valence-electron chi connectivity index (χ3n) is 8.22. The molecule has 0 saturated carbocycles. The molecule has 0 aliphatic heterocycles. The Morgan fingerprint density at radius 2 is 1.00 bits per heavy atom. The maximum absolute atomic E-state index is 4.96. The molecule has 0 amide bonds. The zero-order chi connectivity index (χ0) is 28.8. The van der Waals surface area contributed by atoms with E-state index in [2.05, 4.69) is 166 Å². The zero-order valence-electron chi connectivity index (χ0n) is 24.6. The van der Waals surface area contributed by atoms with Crippen molar-refractivity contribution in [2.45, 2.75) is 33.1 Å². The van der Waals surface area contributed by atoms with E-state index in [4.69, 9.17) is 4.98 Å². The van der Waals surface area contributed by atoms with E-state index in [0.29, 0.717) is 0 Å². The van der Waals surface area contributed by atoms with E-state index >= 15 is 0 Å². The summed E-state index contributed by atoms with van der Waals surface area (Å²) in [5.74, 6) is 0. The Kier molecular flexibility index (Phi) is 6.28. The average molecular weight is 543 g/mol. The molecule has 0 unspecified atom stereocenters. The quantitative estimate of drug-likeness (QED) is 0.216. The van der Waals surface area contributed by atoms with Gasteiger partial charge in [0.1, 0.15) is 0 Å². The van der Waals surface area contributed by atoms with E-state index in [1.807, 2.05) is 0 Å². The highest BCUT2D eigenvalue weighted by atomic mass is 15.0. The van der Waals surface area contributed by atoms with Crippen molar-refractivity contribution < 1.29 is 0 Å². The zero-order valence-corrected chi connectivity index (χ0v) is 24.6. The van der Waals surface area contributed by atoms with Crippen LogP contribution in [0.3, 0.4) is 0 Å². The van der Waals surface area contributed by atoms with Gasteiger partial charge in [-0.2, -0.15) is 0 Å². The second-order valence-electron chi connectivity index (χ2n) is 12.2. The maximum atomic E-state index is 4.96. The van der Waals surface area contributed by atoms with Crippen LogP contribution in [-0.4, -0.2) is 9.55 Å². The van der Waals surface area contributed by atoms with Crippen LogP contribution in [0.2, 0.25) is 0 Å². The standard InChI is InChI=1S/C40H34N2/c1-27-23-34(26-37(41-27)30-15-19-33(20-16-30)40(2,3)4)42-38-21-17-31(28-11-7-5-8-12-28)24-35(38)36-25-32(18-22-39(36)42)29-13-9-6-10-14-29/h5-26H,1-4H3. The second kappa shape index (κ2) is 10.2. The summed E-state index contributed by atoms with van der Waals surface area (Å²) in [7, 11) is 0. The minimum absolute atomic E-state index is 0.115. The number of nitrogens with zero attached hydrogens (tertiary/aromatic N) is 2. The van der Waals surface area contributed by atoms with E-state index < -0.39 is 0 Å². The highest BCUT2D eigenvalue weighted by Gasteiger charge is 2.17. The summed E-state index contributed by atoms with van der Waals surface area (Å²) in [6.45, 7) is 8.84. The lowest BCUT2D eigenvalue weighted by atomic mass is 9.86. The summed E-state index contributed by atoms with van der Waals surface area (Å²) in [5, 5.41) is 2.49. The van der Waals surface area contributed by atoms with Crippen molar-refractivity contribution in [2.75, 3.05) is 0 Å². The van der Waals surface area contributed by atoms with Gasteiger partial charge < -0.3 is 4.57 Å². The van der Waals surface area contributed by atoms with Crippen LogP contribution < -0.4 is 0 Å². The predicted molar refractivity (Wildman–Crippen MR) is 178 cm³/mol. The van der Waals surface area contributed by atoms with Gasteiger partial charge in [-0.05, 0) is 76.6 Å². The van der Waals surface area contributed by atoms with E-state index in [9.17, 15) is 0 Å². The SMILES string of the molecule is Cc1cc(-n2c3ccc(-c4ccccc4)cc3c3cc(-c4ccccc4)ccc32)cc(-c2ccc(C(C)(C)C)cc2)n1. The molecule has 0 aliphatic carbocycles. The van der Waals surface area contributed by atoms with Gasteiger partial charge in [0.05, 0.1) is 22.4 Å². The molecular formula is C40H34N2. The van der Waals surface area contributed by atoms with Crippen molar-refractivity contribution in [1.82, 2.24) is 9.55 Å². The molecule has 0 radical (unpaired) electrons. The number of pyridine rings is 1. The van der Waals surface area contributed by atoms with Crippen LogP contribution in [0.5, 0.6) is 0 Å². The van der Waals surface area contributed by atoms with Crippen molar-refractivity contribution in [3.8, 4) is 39.2 Å². The average Bonchev–Trinajstić information content (AvgIpc) is 3.34. The van der Waals surface area contributed by atoms with Gasteiger partial charge in [-0.1, -0.05) is 118 Å². The highest BCUT2D eigenvalue weighted by Crippen LogP contribution is 2.38. The Labute approximate surface area is 247 Å². The van der Waals surface area contributed by atoms with Crippen LogP contribution in [-0.2, 0) is 5.41 Å². The summed E-state index contributed by atoms with van der Waals surface area (Å²) in [5.41, 5.74) is 12.9. The van der Waals surface area contributed by atoms with Gasteiger partial charge in [0.15, 0.2) is 0 Å². The fourth-order valence-corrected chi connectivity index (χ4v) is 5.99. The van der Waals surface area contributed by atoms with Crippen LogP contribution in [0, 0.1) is 6.92 Å². The topological polar surface area (TPSA) is 17.8 Å². The van der Waals surface area contributed by atoms with Gasteiger partial charge in [-0.15, -0.1) is 0 Å². The van der Waals surface area contributed by atoms with Crippen molar-refractivity contribution in [1.29, 1.82) is 0 Å². The number of hydrogen-bond acceptors (Lipinski definition) is 1. The Balaban J connectivity index is 1.45. The molecule has 204 valence electrons. The fourth-order valence-electron chi connectivity index (χ4n) is 5.99. The van der Waals surface area contributed by atoms with Crippen LogP contribution in [0.1, 0.15) is 32.0 Å². The van der Waals surface area contributed by atoms with E-state index in [1.54, 1.807) is 0 Å². The lowest BCUT2D eigenvalue weighted by Crippen LogP contribution is -2.10. The molecule has 5 aromatic carbocycles. The Bertz CT molecular complexity index is 1950. The van der Waals surface area contributed by atoms with Gasteiger partial charge in [-0.3, -0.25) is 4.98 Å². The van der Waals surface area contributed by atoms with E-state index in [-0.39, 0.29) is 5.41 Å². The van der Waals surface area contributed by atoms with Gasteiger partial charge in [0, 0.05) is 22.0 Å². The van der Waals surface area contributed by atoms with Gasteiger partial charge in [-0.25, -0.2) is 0 Å². The minimum atomic E-state index is 0.115.